The van der Waals surface area contributed by atoms with Gasteiger partial charge in [0, 0.05) is 37.3 Å². The van der Waals surface area contributed by atoms with E-state index >= 15 is 0 Å². The van der Waals surface area contributed by atoms with E-state index in [1.165, 1.54) is 10.7 Å². The minimum absolute atomic E-state index is 0.0311. The van der Waals surface area contributed by atoms with Crippen LogP contribution in [0.4, 0.5) is 0 Å². The number of piperazine rings is 1. The van der Waals surface area contributed by atoms with Gasteiger partial charge in [0.2, 0.25) is 10.0 Å². The summed E-state index contributed by atoms with van der Waals surface area (Å²) in [5, 5.41) is 8.33. The van der Waals surface area contributed by atoms with Crippen LogP contribution in [0.15, 0.2) is 34.2 Å². The van der Waals surface area contributed by atoms with Crippen molar-refractivity contribution in [3.63, 3.8) is 0 Å². The van der Waals surface area contributed by atoms with Crippen molar-refractivity contribution in [1.29, 1.82) is 0 Å². The number of benzene rings is 1. The molecule has 1 N–H and O–H groups in total. The largest absolute Gasteiger partial charge is 0.493 e. The van der Waals surface area contributed by atoms with Crippen molar-refractivity contribution in [2.45, 2.75) is 50.2 Å². The molecule has 1 aromatic carbocycles. The number of halogens is 1. The molecule has 11 nitrogen and oxygen atoms in total. The first kappa shape index (κ1) is 24.4. The maximum Gasteiger partial charge on any atom is 0.335 e. The molecule has 2 bridgehead atoms. The van der Waals surface area contributed by atoms with Gasteiger partial charge in [-0.3, -0.25) is 4.57 Å². The van der Waals surface area contributed by atoms with E-state index in [9.17, 15) is 13.2 Å². The van der Waals surface area contributed by atoms with Crippen molar-refractivity contribution in [2.24, 2.45) is 0 Å². The lowest BCUT2D eigenvalue weighted by Crippen LogP contribution is -2.47. The number of nitrogens with one attached hydrogen (secondary N) is 1. The molecule has 0 spiro atoms. The van der Waals surface area contributed by atoms with Crippen molar-refractivity contribution in [2.75, 3.05) is 26.7 Å². The maximum atomic E-state index is 13.7. The van der Waals surface area contributed by atoms with E-state index < -0.39 is 10.0 Å². The SMILES string of the molecule is CCCn1c(=O)n2cnnc2c2[nH]c(-c3cc(S(=O)(=O)N4C[C@@H]5C[C@H]4CN5C)ccc3OCC)c(Cl)c21. The van der Waals surface area contributed by atoms with Crippen LogP contribution in [0.3, 0.4) is 0 Å². The summed E-state index contributed by atoms with van der Waals surface area (Å²) in [5.74, 6) is 0.486. The third-order valence-electron chi connectivity index (χ3n) is 7.43. The van der Waals surface area contributed by atoms with Gasteiger partial charge in [0.15, 0.2) is 5.65 Å². The molecule has 3 aromatic heterocycles. The second-order valence-corrected chi connectivity index (χ2v) is 11.9. The first-order chi connectivity index (χ1) is 17.8. The van der Waals surface area contributed by atoms with Gasteiger partial charge in [-0.1, -0.05) is 18.5 Å². The molecule has 2 aliphatic rings. The summed E-state index contributed by atoms with van der Waals surface area (Å²) in [5.41, 5.74) is 2.05. The fourth-order valence-electron chi connectivity index (χ4n) is 5.68. The normalized spacial score (nSPS) is 20.5. The third kappa shape index (κ3) is 3.61. The number of likely N-dealkylation sites (N-methyl/N-ethyl adjacent to an activating group) is 1. The Balaban J connectivity index is 1.55. The smallest absolute Gasteiger partial charge is 0.335 e. The predicted molar refractivity (Wildman–Crippen MR) is 140 cm³/mol. The molecular formula is C24H28ClN7O4S. The Labute approximate surface area is 218 Å². The molecule has 2 saturated heterocycles. The zero-order valence-electron chi connectivity index (χ0n) is 20.8. The minimum atomic E-state index is -3.73. The molecule has 6 rings (SSSR count). The van der Waals surface area contributed by atoms with Gasteiger partial charge in [-0.05, 0) is 45.0 Å². The average Bonchev–Trinajstić information content (AvgIpc) is 3.65. The highest BCUT2D eigenvalue weighted by Crippen LogP contribution is 2.42. The molecule has 0 radical (unpaired) electrons. The van der Waals surface area contributed by atoms with Crippen LogP contribution < -0.4 is 10.4 Å². The molecule has 0 amide bonds. The van der Waals surface area contributed by atoms with E-state index in [0.717, 1.165) is 13.0 Å². The standard InChI is InChI=1S/C24H28ClN7O4S/c1-4-8-30-22-19(25)20(27-21(22)23-28-26-13-31(23)24(30)33)17-10-16(6-7-18(17)36-5-2)37(34,35)32-12-14-9-15(32)11-29(14)3/h6-7,10,13-15,27H,4-5,8-9,11-12H2,1-3H3/t14-,15-/m0/s1. The number of hydrogen-bond donors (Lipinski definition) is 1. The van der Waals surface area contributed by atoms with Crippen LogP contribution in [0.25, 0.3) is 27.9 Å². The van der Waals surface area contributed by atoms with E-state index in [1.54, 1.807) is 27.1 Å². The first-order valence-electron chi connectivity index (χ1n) is 12.4. The summed E-state index contributed by atoms with van der Waals surface area (Å²) in [6, 6.07) is 5.07. The van der Waals surface area contributed by atoms with Crippen LogP contribution in [0.5, 0.6) is 5.75 Å². The van der Waals surface area contributed by atoms with Gasteiger partial charge < -0.3 is 14.6 Å². The molecule has 4 aromatic rings. The summed E-state index contributed by atoms with van der Waals surface area (Å²) in [4.78, 5) is 18.8. The number of aryl methyl sites for hydroxylation is 1. The Kier molecular flexibility index (Phi) is 5.82. The van der Waals surface area contributed by atoms with Crippen LogP contribution in [0.2, 0.25) is 5.02 Å². The maximum absolute atomic E-state index is 13.7. The molecule has 196 valence electrons. The highest BCUT2D eigenvalue weighted by molar-refractivity contribution is 7.89. The Morgan fingerprint density at radius 2 is 2.03 bits per heavy atom. The highest BCUT2D eigenvalue weighted by atomic mass is 35.5. The molecule has 2 aliphatic heterocycles. The topological polar surface area (TPSA) is 118 Å². The third-order valence-corrected chi connectivity index (χ3v) is 9.71. The second-order valence-electron chi connectivity index (χ2n) is 9.64. The monoisotopic (exact) mass is 545 g/mol. The zero-order valence-corrected chi connectivity index (χ0v) is 22.4. The van der Waals surface area contributed by atoms with Crippen molar-refractivity contribution in [3.05, 3.63) is 40.0 Å². The number of sulfonamides is 1. The number of fused-ring (bicyclic) bond motifs is 5. The fourth-order valence-corrected chi connectivity index (χ4v) is 7.71. The van der Waals surface area contributed by atoms with Crippen molar-refractivity contribution in [3.8, 4) is 17.0 Å². The number of aromatic nitrogens is 5. The van der Waals surface area contributed by atoms with E-state index in [2.05, 4.69) is 20.1 Å². The summed E-state index contributed by atoms with van der Waals surface area (Å²) in [7, 11) is -1.70. The number of likely N-dealkylation sites (tertiary alicyclic amines) is 1. The van der Waals surface area contributed by atoms with E-state index in [0.29, 0.717) is 64.8 Å². The first-order valence-corrected chi connectivity index (χ1v) is 14.2. The summed E-state index contributed by atoms with van der Waals surface area (Å²) < 4.78 is 37.9. The van der Waals surface area contributed by atoms with Crippen LogP contribution in [0, 0.1) is 0 Å². The Morgan fingerprint density at radius 1 is 1.22 bits per heavy atom. The molecule has 37 heavy (non-hydrogen) atoms. The van der Waals surface area contributed by atoms with Crippen LogP contribution in [-0.4, -0.2) is 80.6 Å². The number of aromatic amines is 1. The van der Waals surface area contributed by atoms with Crippen molar-refractivity contribution in [1.82, 2.24) is 33.4 Å². The highest BCUT2D eigenvalue weighted by Gasteiger charge is 2.47. The molecule has 2 atom stereocenters. The Hall–Kier alpha value is -2.93. The zero-order chi connectivity index (χ0) is 26.1. The summed E-state index contributed by atoms with van der Waals surface area (Å²) in [6.07, 6.45) is 2.93. The van der Waals surface area contributed by atoms with Gasteiger partial charge in [-0.2, -0.15) is 4.31 Å². The lowest BCUT2D eigenvalue weighted by molar-refractivity contribution is 0.216. The second kappa shape index (κ2) is 8.83. The van der Waals surface area contributed by atoms with Crippen molar-refractivity contribution >= 4 is 38.3 Å². The van der Waals surface area contributed by atoms with Gasteiger partial charge in [0.1, 0.15) is 17.6 Å². The number of nitrogens with zero attached hydrogens (tertiary/aromatic N) is 6. The lowest BCUT2D eigenvalue weighted by Gasteiger charge is -2.31. The molecule has 5 heterocycles. The van der Waals surface area contributed by atoms with Crippen LogP contribution >= 0.6 is 11.6 Å². The molecule has 2 fully saturated rings. The molecule has 0 saturated carbocycles. The molecule has 13 heteroatoms. The van der Waals surface area contributed by atoms with Crippen LogP contribution in [0.1, 0.15) is 26.7 Å². The average molecular weight is 546 g/mol. The molecule has 0 unspecified atom stereocenters. The van der Waals surface area contributed by atoms with Gasteiger partial charge in [-0.15, -0.1) is 10.2 Å². The van der Waals surface area contributed by atoms with E-state index in [4.69, 9.17) is 16.3 Å². The number of hydrogen-bond acceptors (Lipinski definition) is 7. The number of rotatable bonds is 7. The van der Waals surface area contributed by atoms with E-state index in [-0.39, 0.29) is 22.7 Å². The predicted octanol–water partition coefficient (Wildman–Crippen LogP) is 2.58. The van der Waals surface area contributed by atoms with Crippen LogP contribution in [-0.2, 0) is 16.6 Å². The van der Waals surface area contributed by atoms with Crippen molar-refractivity contribution < 1.29 is 13.2 Å². The van der Waals surface area contributed by atoms with Gasteiger partial charge in [-0.25, -0.2) is 17.6 Å². The fraction of sp³-hybridized carbons (Fsp3) is 0.458. The van der Waals surface area contributed by atoms with Gasteiger partial charge >= 0.3 is 5.69 Å². The van der Waals surface area contributed by atoms with Gasteiger partial charge in [0.25, 0.3) is 0 Å². The Morgan fingerprint density at radius 3 is 2.70 bits per heavy atom. The van der Waals surface area contributed by atoms with Gasteiger partial charge in [0.05, 0.1) is 27.7 Å². The minimum Gasteiger partial charge on any atom is -0.493 e. The summed E-state index contributed by atoms with van der Waals surface area (Å²) in [6.45, 7) is 5.86. The molecular weight excluding hydrogens is 518 g/mol. The number of ether oxygens (including phenoxy) is 1. The summed E-state index contributed by atoms with van der Waals surface area (Å²) >= 11 is 6.94. The Bertz CT molecular complexity index is 1690. The quantitative estimate of drug-likeness (QED) is 0.379. The lowest BCUT2D eigenvalue weighted by atomic mass is 10.1. The van der Waals surface area contributed by atoms with E-state index in [1.807, 2.05) is 20.9 Å². The molecule has 0 aliphatic carbocycles. The number of H-pyrrole nitrogens is 1.